The van der Waals surface area contributed by atoms with Crippen LogP contribution in [0.4, 0.5) is 22.0 Å². The first-order chi connectivity index (χ1) is 14.7. The van der Waals surface area contributed by atoms with E-state index in [4.69, 9.17) is 4.43 Å². The maximum atomic E-state index is 14.5. The van der Waals surface area contributed by atoms with Crippen LogP contribution in [0, 0.1) is 29.1 Å². The Morgan fingerprint density at radius 2 is 1.32 bits per heavy atom. The third kappa shape index (κ3) is 5.61. The van der Waals surface area contributed by atoms with E-state index < -0.39 is 55.2 Å². The molecule has 0 aliphatic carbocycles. The van der Waals surface area contributed by atoms with Crippen LogP contribution in [0.15, 0.2) is 42.5 Å². The molecule has 31 heavy (non-hydrogen) atoms. The smallest absolute Gasteiger partial charge is 0.200 e. The van der Waals surface area contributed by atoms with Crippen molar-refractivity contribution in [3.63, 3.8) is 0 Å². The number of aliphatic hydroxyl groups excluding tert-OH is 1. The predicted octanol–water partition coefficient (Wildman–Crippen LogP) is 7.12. The minimum absolute atomic E-state index is 0.156. The Balaban J connectivity index is 2.44. The Labute approximate surface area is 180 Å². The molecule has 0 aliphatic heterocycles. The van der Waals surface area contributed by atoms with E-state index in [2.05, 4.69) is 0 Å². The summed E-state index contributed by atoms with van der Waals surface area (Å²) in [6.45, 7) is 5.68. The molecule has 0 unspecified atom stereocenters. The average Bonchev–Trinajstić information content (AvgIpc) is 2.80. The molecule has 0 fully saturated rings. The Hall–Kier alpha value is -2.03. The minimum Gasteiger partial charge on any atom is -0.409 e. The monoisotopic (exact) mass is 458 g/mol. The van der Waals surface area contributed by atoms with Crippen LogP contribution < -0.4 is 0 Å². The topological polar surface area (TPSA) is 29.5 Å². The molecule has 0 amide bonds. The molecule has 8 heteroatoms. The lowest BCUT2D eigenvalue weighted by atomic mass is 10.0. The lowest BCUT2D eigenvalue weighted by Crippen LogP contribution is -2.37. The Morgan fingerprint density at radius 1 is 0.839 bits per heavy atom. The second-order valence-electron chi connectivity index (χ2n) is 7.35. The zero-order valence-electron chi connectivity index (χ0n) is 17.8. The van der Waals surface area contributed by atoms with Gasteiger partial charge in [-0.25, -0.2) is 22.0 Å². The highest BCUT2D eigenvalue weighted by Gasteiger charge is 2.37. The fraction of sp³-hybridized carbons (Fsp3) is 0.391. The van der Waals surface area contributed by atoms with Crippen LogP contribution in [0.3, 0.4) is 0 Å². The number of hydrogen-bond donors (Lipinski definition) is 1. The highest BCUT2D eigenvalue weighted by Crippen LogP contribution is 2.37. The van der Waals surface area contributed by atoms with Gasteiger partial charge in [-0.15, -0.1) is 0 Å². The highest BCUT2D eigenvalue weighted by atomic mass is 28.4. The van der Waals surface area contributed by atoms with Gasteiger partial charge in [-0.1, -0.05) is 63.3 Å². The van der Waals surface area contributed by atoms with E-state index >= 15 is 0 Å². The van der Waals surface area contributed by atoms with E-state index in [0.717, 1.165) is 0 Å². The Kier molecular flexibility index (Phi) is 8.97. The van der Waals surface area contributed by atoms with Crippen molar-refractivity contribution in [3.8, 4) is 0 Å². The maximum Gasteiger partial charge on any atom is 0.200 e. The van der Waals surface area contributed by atoms with E-state index in [1.807, 2.05) is 20.8 Å². The summed E-state index contributed by atoms with van der Waals surface area (Å²) in [5.41, 5.74) is -0.366. The molecule has 2 atom stereocenters. The van der Waals surface area contributed by atoms with E-state index in [9.17, 15) is 27.1 Å². The molecule has 0 aliphatic rings. The van der Waals surface area contributed by atoms with Gasteiger partial charge in [-0.05, 0) is 30.1 Å². The second kappa shape index (κ2) is 11.0. The van der Waals surface area contributed by atoms with Gasteiger partial charge in [0.05, 0.1) is 17.8 Å². The number of hydrogen-bond acceptors (Lipinski definition) is 2. The summed E-state index contributed by atoms with van der Waals surface area (Å²) in [6, 6.07) is 10.6. The number of aliphatic hydroxyl groups is 1. The first-order valence-electron chi connectivity index (χ1n) is 10.3. The molecule has 2 rings (SSSR count). The first-order valence-corrected chi connectivity index (χ1v) is 12.8. The lowest BCUT2D eigenvalue weighted by Gasteiger charge is -2.33. The van der Waals surface area contributed by atoms with Gasteiger partial charge in [-0.3, -0.25) is 0 Å². The lowest BCUT2D eigenvalue weighted by molar-refractivity contribution is 0.177. The summed E-state index contributed by atoms with van der Waals surface area (Å²) in [7, 11) is -2.47. The molecular formula is C23H27F5O2Si. The average molecular weight is 459 g/mol. The predicted molar refractivity (Wildman–Crippen MR) is 112 cm³/mol. The van der Waals surface area contributed by atoms with E-state index in [-0.39, 0.29) is 6.42 Å². The van der Waals surface area contributed by atoms with Gasteiger partial charge >= 0.3 is 0 Å². The van der Waals surface area contributed by atoms with Crippen LogP contribution in [0.5, 0.6) is 0 Å². The third-order valence-corrected chi connectivity index (χ3v) is 10.4. The molecule has 0 bridgehead atoms. The van der Waals surface area contributed by atoms with Crippen molar-refractivity contribution < 1.29 is 31.5 Å². The molecule has 0 saturated heterocycles. The van der Waals surface area contributed by atoms with Crippen LogP contribution in [0.2, 0.25) is 18.1 Å². The SMILES string of the molecule is CC[Si](CC)(CC)O[C@@H](C/C=C\[C@@H](O)c1ccccc1)c1c(F)c(F)c(F)c(F)c1F. The fourth-order valence-electron chi connectivity index (χ4n) is 3.52. The maximum absolute atomic E-state index is 14.5. The van der Waals surface area contributed by atoms with E-state index in [1.54, 1.807) is 30.3 Å². The van der Waals surface area contributed by atoms with Gasteiger partial charge in [0.25, 0.3) is 0 Å². The van der Waals surface area contributed by atoms with Gasteiger partial charge in [0.1, 0.15) is 0 Å². The van der Waals surface area contributed by atoms with Gasteiger partial charge in [0.15, 0.2) is 31.6 Å². The quantitative estimate of drug-likeness (QED) is 0.135. The summed E-state index contributed by atoms with van der Waals surface area (Å²) in [4.78, 5) is 0. The summed E-state index contributed by atoms with van der Waals surface area (Å²) in [5.74, 6) is -9.95. The number of halogens is 5. The summed E-state index contributed by atoms with van der Waals surface area (Å²) in [6.07, 6.45) is 0.349. The van der Waals surface area contributed by atoms with Crippen molar-refractivity contribution in [2.24, 2.45) is 0 Å². The van der Waals surface area contributed by atoms with Crippen molar-refractivity contribution in [1.82, 2.24) is 0 Å². The zero-order valence-corrected chi connectivity index (χ0v) is 18.8. The molecule has 0 radical (unpaired) electrons. The highest BCUT2D eigenvalue weighted by molar-refractivity contribution is 6.73. The van der Waals surface area contributed by atoms with Gasteiger partial charge in [0.2, 0.25) is 5.82 Å². The number of rotatable bonds is 10. The largest absolute Gasteiger partial charge is 0.409 e. The van der Waals surface area contributed by atoms with Gasteiger partial charge < -0.3 is 9.53 Å². The van der Waals surface area contributed by atoms with Crippen LogP contribution in [0.1, 0.15) is 50.5 Å². The molecule has 1 N–H and O–H groups in total. The van der Waals surface area contributed by atoms with Crippen LogP contribution in [-0.4, -0.2) is 13.4 Å². The molecule has 2 nitrogen and oxygen atoms in total. The van der Waals surface area contributed by atoms with E-state index in [0.29, 0.717) is 23.7 Å². The molecule has 2 aromatic rings. The van der Waals surface area contributed by atoms with Crippen LogP contribution in [0.25, 0.3) is 0 Å². The first kappa shape index (κ1) is 25.2. The van der Waals surface area contributed by atoms with E-state index in [1.165, 1.54) is 12.2 Å². The molecule has 2 aromatic carbocycles. The standard InChI is InChI=1S/C23H27F5O2Si/c1-4-31(5-2,6-3)30-17(14-10-13-16(29)15-11-8-7-9-12-15)18-19(24)21(26)23(28)22(27)20(18)25/h7-13,16-17,29H,4-6,14H2,1-3H3/b13-10-/t16-,17+/m1/s1. The molecular weight excluding hydrogens is 431 g/mol. The van der Waals surface area contributed by atoms with Crippen molar-refractivity contribution in [2.75, 3.05) is 0 Å². The summed E-state index contributed by atoms with van der Waals surface area (Å²) >= 11 is 0. The molecule has 0 heterocycles. The van der Waals surface area contributed by atoms with Crippen molar-refractivity contribution >= 4 is 8.32 Å². The summed E-state index contributed by atoms with van der Waals surface area (Å²) in [5, 5.41) is 10.3. The Morgan fingerprint density at radius 3 is 1.81 bits per heavy atom. The molecule has 0 saturated carbocycles. The number of benzene rings is 2. The molecule has 0 spiro atoms. The van der Waals surface area contributed by atoms with Crippen molar-refractivity contribution in [1.29, 1.82) is 0 Å². The second-order valence-corrected chi connectivity index (χ2v) is 12.1. The molecule has 0 aromatic heterocycles. The van der Waals surface area contributed by atoms with Gasteiger partial charge in [-0.2, -0.15) is 0 Å². The fourth-order valence-corrected chi connectivity index (χ4v) is 6.34. The van der Waals surface area contributed by atoms with Crippen LogP contribution in [-0.2, 0) is 4.43 Å². The minimum atomic E-state index is -2.47. The molecule has 170 valence electrons. The van der Waals surface area contributed by atoms with Crippen molar-refractivity contribution in [2.45, 2.75) is 57.5 Å². The summed E-state index contributed by atoms with van der Waals surface area (Å²) < 4.78 is 76.4. The van der Waals surface area contributed by atoms with Crippen molar-refractivity contribution in [3.05, 3.63) is 82.7 Å². The zero-order chi connectivity index (χ0) is 23.2. The Bertz CT molecular complexity index is 863. The van der Waals surface area contributed by atoms with Gasteiger partial charge in [0, 0.05) is 0 Å². The van der Waals surface area contributed by atoms with Crippen LogP contribution >= 0.6 is 0 Å². The third-order valence-electron chi connectivity index (χ3n) is 5.70. The normalized spacial score (nSPS) is 14.2.